The number of benzene rings is 12. The molecule has 2 nitrogen and oxygen atoms in total. The van der Waals surface area contributed by atoms with E-state index in [1.165, 1.54) is 148 Å². The van der Waals surface area contributed by atoms with Crippen LogP contribution in [0.15, 0.2) is 265 Å². The van der Waals surface area contributed by atoms with Crippen LogP contribution in [0.5, 0.6) is 0 Å². The van der Waals surface area contributed by atoms with Crippen molar-refractivity contribution in [3.8, 4) is 22.5 Å². The normalized spacial score (nSPS) is 14.6. The number of hydrogen-bond donors (Lipinski definition) is 0. The van der Waals surface area contributed by atoms with Gasteiger partial charge >= 0.3 is 0 Å². The van der Waals surface area contributed by atoms with E-state index in [0.29, 0.717) is 0 Å². The van der Waals surface area contributed by atoms with E-state index >= 15 is 0 Å². The summed E-state index contributed by atoms with van der Waals surface area (Å²) in [6.07, 6.45) is 0. The number of para-hydroxylation sites is 4. The van der Waals surface area contributed by atoms with Crippen molar-refractivity contribution in [2.24, 2.45) is 0 Å². The highest BCUT2D eigenvalue weighted by Crippen LogP contribution is 2.42. The highest BCUT2D eigenvalue weighted by molar-refractivity contribution is 8.00. The van der Waals surface area contributed by atoms with Gasteiger partial charge in [0.05, 0.1) is 22.1 Å². The maximum absolute atomic E-state index is 3.02. The van der Waals surface area contributed by atoms with Gasteiger partial charge in [0, 0.05) is 83.1 Å². The molecule has 0 saturated heterocycles. The molecular formula is C70H42N2S3Si. The van der Waals surface area contributed by atoms with Crippen LogP contribution in [-0.4, -0.2) is 17.2 Å². The highest BCUT2D eigenvalue weighted by atomic mass is 32.2. The lowest BCUT2D eigenvalue weighted by atomic mass is 10.0. The van der Waals surface area contributed by atoms with Crippen LogP contribution in [0.3, 0.4) is 0 Å². The molecule has 0 spiro atoms. The molecule has 1 atom stereocenters. The number of thiophene rings is 2. The average molecular weight is 1040 g/mol. The first kappa shape index (κ1) is 42.8. The van der Waals surface area contributed by atoms with Gasteiger partial charge in [0.1, 0.15) is 0 Å². The van der Waals surface area contributed by atoms with Gasteiger partial charge in [-0.2, -0.15) is 0 Å². The zero-order chi connectivity index (χ0) is 49.6. The molecule has 0 radical (unpaired) electrons. The van der Waals surface area contributed by atoms with Crippen molar-refractivity contribution in [2.45, 2.75) is 9.79 Å². The van der Waals surface area contributed by atoms with Crippen LogP contribution in [0.1, 0.15) is 0 Å². The Kier molecular flexibility index (Phi) is 9.16. The summed E-state index contributed by atoms with van der Waals surface area (Å²) in [4.78, 5) is 2.68. The zero-order valence-electron chi connectivity index (χ0n) is 40.9. The fourth-order valence-corrected chi connectivity index (χ4v) is 22.4. The minimum atomic E-state index is -3.02. The third-order valence-electron chi connectivity index (χ3n) is 16.4. The number of rotatable bonds is 5. The van der Waals surface area contributed by atoms with Crippen molar-refractivity contribution in [1.29, 1.82) is 0 Å². The quantitative estimate of drug-likeness (QED) is 0.156. The summed E-state index contributed by atoms with van der Waals surface area (Å²) < 4.78 is 10.2. The van der Waals surface area contributed by atoms with E-state index in [0.717, 1.165) is 0 Å². The van der Waals surface area contributed by atoms with Crippen LogP contribution >= 0.6 is 34.4 Å². The Morgan fingerprint density at radius 2 is 0.750 bits per heavy atom. The first-order valence-corrected chi connectivity index (χ1v) is 30.4. The first-order chi connectivity index (χ1) is 37.6. The lowest BCUT2D eigenvalue weighted by molar-refractivity contribution is 1.19. The van der Waals surface area contributed by atoms with E-state index < -0.39 is 8.07 Å². The van der Waals surface area contributed by atoms with Crippen molar-refractivity contribution in [3.05, 3.63) is 255 Å². The fourth-order valence-electron chi connectivity index (χ4n) is 13.1. The van der Waals surface area contributed by atoms with Crippen molar-refractivity contribution < 1.29 is 0 Å². The minimum absolute atomic E-state index is 1.17. The Morgan fingerprint density at radius 3 is 1.47 bits per heavy atom. The number of fused-ring (bicyclic) bond motifs is 15. The van der Waals surface area contributed by atoms with E-state index in [1.54, 1.807) is 0 Å². The predicted octanol–water partition coefficient (Wildman–Crippen LogP) is 17.3. The Morgan fingerprint density at radius 1 is 0.276 bits per heavy atom. The van der Waals surface area contributed by atoms with Crippen LogP contribution in [0.4, 0.5) is 0 Å². The third-order valence-corrected chi connectivity index (χ3v) is 25.1. The van der Waals surface area contributed by atoms with Crippen molar-refractivity contribution >= 4 is 158 Å². The molecule has 0 saturated carbocycles. The summed E-state index contributed by atoms with van der Waals surface area (Å²) in [5.74, 6) is 0. The average Bonchev–Trinajstić information content (AvgIpc) is 4.28. The molecule has 0 N–H and O–H groups in total. The second-order valence-electron chi connectivity index (χ2n) is 20.3. The van der Waals surface area contributed by atoms with E-state index in [-0.39, 0.29) is 0 Å². The van der Waals surface area contributed by atoms with Gasteiger partial charge in [-0.05, 0) is 134 Å². The van der Waals surface area contributed by atoms with Gasteiger partial charge in [-0.1, -0.05) is 176 Å². The van der Waals surface area contributed by atoms with Crippen molar-refractivity contribution in [1.82, 2.24) is 9.13 Å². The molecule has 0 bridgehead atoms. The van der Waals surface area contributed by atoms with E-state index in [1.807, 2.05) is 34.4 Å². The van der Waals surface area contributed by atoms with Gasteiger partial charge in [-0.15, -0.1) is 22.7 Å². The van der Waals surface area contributed by atoms with Crippen LogP contribution in [0, 0.1) is 0 Å². The third kappa shape index (κ3) is 6.09. The summed E-state index contributed by atoms with van der Waals surface area (Å²) in [6.45, 7) is 0. The molecule has 1 aliphatic rings. The van der Waals surface area contributed by atoms with Gasteiger partial charge in [0.2, 0.25) is 0 Å². The molecule has 1 aliphatic heterocycles. The second-order valence-corrected chi connectivity index (χ2v) is 27.3. The zero-order valence-corrected chi connectivity index (χ0v) is 44.3. The smallest absolute Gasteiger partial charge is 0.181 e. The molecule has 0 amide bonds. The molecule has 16 aromatic rings. The number of nitrogens with zero attached hydrogens (tertiary/aromatic N) is 2. The Balaban J connectivity index is 0.859. The van der Waals surface area contributed by atoms with E-state index in [4.69, 9.17) is 0 Å². The molecule has 4 aromatic heterocycles. The largest absolute Gasteiger partial charge is 0.309 e. The Bertz CT molecular complexity index is 5020. The topological polar surface area (TPSA) is 9.86 Å². The van der Waals surface area contributed by atoms with Crippen LogP contribution < -0.4 is 20.7 Å². The van der Waals surface area contributed by atoms with Gasteiger partial charge in [-0.25, -0.2) is 0 Å². The van der Waals surface area contributed by atoms with Gasteiger partial charge in [-0.3, -0.25) is 0 Å². The molecule has 1 unspecified atom stereocenters. The molecule has 0 aliphatic carbocycles. The Labute approximate surface area is 451 Å². The van der Waals surface area contributed by atoms with Crippen LogP contribution in [0.25, 0.3) is 117 Å². The van der Waals surface area contributed by atoms with Crippen molar-refractivity contribution in [2.75, 3.05) is 0 Å². The molecule has 6 heteroatoms. The van der Waals surface area contributed by atoms with E-state index in [2.05, 4.69) is 264 Å². The van der Waals surface area contributed by atoms with Crippen LogP contribution in [0.2, 0.25) is 0 Å². The van der Waals surface area contributed by atoms with Gasteiger partial charge < -0.3 is 9.13 Å². The number of hydrogen-bond acceptors (Lipinski definition) is 3. The Hall–Kier alpha value is -8.49. The monoisotopic (exact) mass is 1030 g/mol. The summed E-state index contributed by atoms with van der Waals surface area (Å²) in [5.41, 5.74) is 9.73. The first-order valence-electron chi connectivity index (χ1n) is 26.0. The summed E-state index contributed by atoms with van der Waals surface area (Å²) in [7, 11) is -3.02. The predicted molar refractivity (Wildman–Crippen MR) is 332 cm³/mol. The summed E-state index contributed by atoms with van der Waals surface area (Å²) in [5, 5.41) is 18.6. The highest BCUT2D eigenvalue weighted by Gasteiger charge is 2.47. The molecule has 5 heterocycles. The molecule has 0 fully saturated rings. The molecule has 354 valence electrons. The maximum Gasteiger partial charge on any atom is 0.181 e. The maximum atomic E-state index is 2.60. The number of aromatic nitrogens is 2. The van der Waals surface area contributed by atoms with E-state index in [9.17, 15) is 0 Å². The van der Waals surface area contributed by atoms with Gasteiger partial charge in [0.25, 0.3) is 0 Å². The second kappa shape index (κ2) is 16.3. The SMILES string of the molecule is c1ccc2c(c1)Sc1cc(-c3ccc4cc(-n5c6ccccc6c6ccccc65)ccc4c3)ccc1[Si]2(c1ccc2c(c1)sc1ccccc12)c1ccc2sc3ccc(-n4c5ccccc5c5ccccc54)cc3c2c1. The molecule has 17 rings (SSSR count). The van der Waals surface area contributed by atoms with Gasteiger partial charge in [0.15, 0.2) is 8.07 Å². The van der Waals surface area contributed by atoms with Crippen molar-refractivity contribution in [3.63, 3.8) is 0 Å². The molecule has 76 heavy (non-hydrogen) atoms. The summed E-state index contributed by atoms with van der Waals surface area (Å²) in [6, 6.07) is 97.0. The molecule has 12 aromatic carbocycles. The minimum Gasteiger partial charge on any atom is -0.309 e. The lowest BCUT2D eigenvalue weighted by Gasteiger charge is -2.40. The molecular weight excluding hydrogens is 993 g/mol. The fraction of sp³-hybridized carbons (Fsp3) is 0. The van der Waals surface area contributed by atoms with Crippen LogP contribution in [-0.2, 0) is 0 Å². The standard InChI is InChI=1S/C70H42N2S3Si/c1-6-18-59-51(13-1)52-14-2-7-19-60(52)71(59)47-29-27-44-37-43(25-26-45(44)38-47)46-28-36-70-68(39-46)75-66-23-11-12-24-69(66)76(70,50-31-33-56-55-17-5-10-22-63(55)74-67(56)42-50)49-32-35-65-58(41-49)57-40-48(30-34-64(57)73-65)72-61-20-8-3-15-53(61)54-16-4-9-21-62(54)72/h1-42H. The summed E-state index contributed by atoms with van der Waals surface area (Å²) >= 11 is 5.76. The lowest BCUT2D eigenvalue weighted by Crippen LogP contribution is -2.76.